The van der Waals surface area contributed by atoms with E-state index in [0.717, 1.165) is 23.2 Å². The summed E-state index contributed by atoms with van der Waals surface area (Å²) in [5, 5.41) is 9.90. The van der Waals surface area contributed by atoms with E-state index in [1.165, 1.54) is 9.75 Å². The summed E-state index contributed by atoms with van der Waals surface area (Å²) in [4.78, 5) is 11.5. The third-order valence-corrected chi connectivity index (χ3v) is 5.48. The summed E-state index contributed by atoms with van der Waals surface area (Å²) in [6.45, 7) is 7.96. The first-order valence-electron chi connectivity index (χ1n) is 7.01. The number of aryl methyl sites for hydroxylation is 2. The first-order valence-corrected chi connectivity index (χ1v) is 8.70. The second kappa shape index (κ2) is 9.46. The number of thiophene rings is 1. The molecule has 0 amide bonds. The van der Waals surface area contributed by atoms with Gasteiger partial charge in [0.05, 0.1) is 12.2 Å². The van der Waals surface area contributed by atoms with Crippen molar-refractivity contribution in [2.75, 3.05) is 13.6 Å². The molecule has 0 saturated heterocycles. The molecule has 0 aliphatic rings. The lowest BCUT2D eigenvalue weighted by molar-refractivity contribution is 0.707. The zero-order chi connectivity index (χ0) is 15.2. The van der Waals surface area contributed by atoms with Gasteiger partial charge in [0.1, 0.15) is 5.01 Å². The Labute approximate surface area is 157 Å². The zero-order valence-corrected chi connectivity index (χ0v) is 17.3. The molecular weight excluding hydrogens is 427 g/mol. The smallest absolute Gasteiger partial charge is 0.191 e. The van der Waals surface area contributed by atoms with E-state index >= 15 is 0 Å². The molecule has 0 aliphatic heterocycles. The van der Waals surface area contributed by atoms with Gasteiger partial charge >= 0.3 is 0 Å². The maximum absolute atomic E-state index is 4.53. The maximum Gasteiger partial charge on any atom is 0.191 e. The van der Waals surface area contributed by atoms with Crippen molar-refractivity contribution in [2.45, 2.75) is 33.2 Å². The average Bonchev–Trinajstić information content (AvgIpc) is 3.10. The van der Waals surface area contributed by atoms with Crippen LogP contribution in [-0.4, -0.2) is 24.5 Å². The van der Waals surface area contributed by atoms with Crippen LogP contribution in [0, 0.1) is 13.8 Å². The van der Waals surface area contributed by atoms with Crippen LogP contribution >= 0.6 is 46.7 Å². The van der Waals surface area contributed by atoms with Crippen molar-refractivity contribution < 1.29 is 0 Å². The van der Waals surface area contributed by atoms with Crippen molar-refractivity contribution >= 4 is 52.6 Å². The first kappa shape index (κ1) is 19.4. The van der Waals surface area contributed by atoms with E-state index in [-0.39, 0.29) is 24.0 Å². The van der Waals surface area contributed by atoms with Gasteiger partial charge in [-0.2, -0.15) is 0 Å². The molecule has 0 spiro atoms. The molecular formula is C15H23IN4S2. The second-order valence-corrected chi connectivity index (χ2v) is 7.24. The fraction of sp³-hybridized carbons (Fsp3) is 0.467. The molecule has 1 atom stereocenters. The number of aliphatic imine (C=N–C) groups is 1. The minimum atomic E-state index is 0. The van der Waals surface area contributed by atoms with Crippen LogP contribution < -0.4 is 10.6 Å². The molecule has 122 valence electrons. The number of hydrogen-bond acceptors (Lipinski definition) is 4. The SMILES string of the molecule is CN=C(NCc1nc(C)c(C)s1)NCC(C)c1cccs1.I. The van der Waals surface area contributed by atoms with E-state index in [1.807, 2.05) is 6.92 Å². The third-order valence-electron chi connectivity index (χ3n) is 3.31. The fourth-order valence-corrected chi connectivity index (χ4v) is 3.58. The standard InChI is InChI=1S/C15H22N4S2.HI/c1-10(13-6-5-7-20-13)8-17-15(16-4)18-9-14-19-11(2)12(3)21-14;/h5-7,10H,8-9H2,1-4H3,(H2,16,17,18);1H. The normalized spacial score (nSPS) is 12.6. The zero-order valence-electron chi connectivity index (χ0n) is 13.3. The van der Waals surface area contributed by atoms with Gasteiger partial charge in [0.2, 0.25) is 0 Å². The van der Waals surface area contributed by atoms with Crippen LogP contribution in [0.4, 0.5) is 0 Å². The van der Waals surface area contributed by atoms with Gasteiger partial charge in [-0.15, -0.1) is 46.7 Å². The molecule has 0 aromatic carbocycles. The summed E-state index contributed by atoms with van der Waals surface area (Å²) in [6, 6.07) is 4.27. The molecule has 0 saturated carbocycles. The van der Waals surface area contributed by atoms with Crippen LogP contribution in [0.25, 0.3) is 0 Å². The molecule has 2 rings (SSSR count). The number of rotatable bonds is 5. The molecule has 7 heteroatoms. The summed E-state index contributed by atoms with van der Waals surface area (Å²) < 4.78 is 0. The molecule has 22 heavy (non-hydrogen) atoms. The predicted molar refractivity (Wildman–Crippen MR) is 108 cm³/mol. The van der Waals surface area contributed by atoms with Gasteiger partial charge in [0.25, 0.3) is 0 Å². The molecule has 2 N–H and O–H groups in total. The molecule has 2 heterocycles. The van der Waals surface area contributed by atoms with Gasteiger partial charge in [-0.3, -0.25) is 4.99 Å². The van der Waals surface area contributed by atoms with Crippen molar-refractivity contribution in [3.63, 3.8) is 0 Å². The van der Waals surface area contributed by atoms with Crippen molar-refractivity contribution in [2.24, 2.45) is 4.99 Å². The lowest BCUT2D eigenvalue weighted by atomic mass is 10.1. The molecule has 2 aromatic rings. The second-order valence-electron chi connectivity index (χ2n) is 4.97. The Morgan fingerprint density at radius 1 is 1.36 bits per heavy atom. The van der Waals surface area contributed by atoms with E-state index in [4.69, 9.17) is 0 Å². The highest BCUT2D eigenvalue weighted by Gasteiger charge is 2.08. The van der Waals surface area contributed by atoms with Crippen molar-refractivity contribution in [1.29, 1.82) is 0 Å². The lowest BCUT2D eigenvalue weighted by Crippen LogP contribution is -2.38. The van der Waals surface area contributed by atoms with Gasteiger partial charge in [-0.05, 0) is 25.3 Å². The molecule has 0 fully saturated rings. The summed E-state index contributed by atoms with van der Waals surface area (Å²) >= 11 is 3.53. The number of aromatic nitrogens is 1. The Bertz CT molecular complexity index is 573. The van der Waals surface area contributed by atoms with E-state index in [9.17, 15) is 0 Å². The predicted octanol–water partition coefficient (Wildman–Crippen LogP) is 3.91. The summed E-state index contributed by atoms with van der Waals surface area (Å²) in [5.41, 5.74) is 1.12. The Morgan fingerprint density at radius 2 is 2.14 bits per heavy atom. The van der Waals surface area contributed by atoms with Crippen LogP contribution in [0.3, 0.4) is 0 Å². The quantitative estimate of drug-likeness (QED) is 0.413. The monoisotopic (exact) mass is 450 g/mol. The molecule has 0 bridgehead atoms. The number of nitrogens with one attached hydrogen (secondary N) is 2. The van der Waals surface area contributed by atoms with Crippen molar-refractivity contribution in [1.82, 2.24) is 15.6 Å². The van der Waals surface area contributed by atoms with E-state index in [0.29, 0.717) is 12.5 Å². The van der Waals surface area contributed by atoms with Crippen LogP contribution in [0.15, 0.2) is 22.5 Å². The van der Waals surface area contributed by atoms with E-state index in [1.54, 1.807) is 29.7 Å². The molecule has 1 unspecified atom stereocenters. The Kier molecular flexibility index (Phi) is 8.34. The van der Waals surface area contributed by atoms with Gasteiger partial charge in [-0.1, -0.05) is 13.0 Å². The van der Waals surface area contributed by atoms with E-state index in [2.05, 4.69) is 52.0 Å². The maximum atomic E-state index is 4.53. The van der Waals surface area contributed by atoms with Crippen LogP contribution in [0.2, 0.25) is 0 Å². The minimum Gasteiger partial charge on any atom is -0.356 e. The van der Waals surface area contributed by atoms with Crippen LogP contribution in [0.5, 0.6) is 0 Å². The van der Waals surface area contributed by atoms with Gasteiger partial charge in [0.15, 0.2) is 5.96 Å². The first-order chi connectivity index (χ1) is 10.1. The molecule has 4 nitrogen and oxygen atoms in total. The molecule has 0 aliphatic carbocycles. The summed E-state index contributed by atoms with van der Waals surface area (Å²) in [7, 11) is 1.80. The molecule has 2 aromatic heterocycles. The Hall–Kier alpha value is -0.670. The van der Waals surface area contributed by atoms with Crippen molar-refractivity contribution in [3.05, 3.63) is 38.0 Å². The number of thiazole rings is 1. The molecule has 0 radical (unpaired) electrons. The van der Waals surface area contributed by atoms with Gasteiger partial charge < -0.3 is 10.6 Å². The lowest BCUT2D eigenvalue weighted by Gasteiger charge is -2.14. The van der Waals surface area contributed by atoms with Gasteiger partial charge in [0, 0.05) is 29.3 Å². The van der Waals surface area contributed by atoms with Crippen LogP contribution in [0.1, 0.15) is 33.3 Å². The highest BCUT2D eigenvalue weighted by atomic mass is 127. The topological polar surface area (TPSA) is 49.3 Å². The van der Waals surface area contributed by atoms with Gasteiger partial charge in [-0.25, -0.2) is 4.98 Å². The highest BCUT2D eigenvalue weighted by Crippen LogP contribution is 2.19. The number of halogens is 1. The fourth-order valence-electron chi connectivity index (χ4n) is 1.92. The highest BCUT2D eigenvalue weighted by molar-refractivity contribution is 14.0. The minimum absolute atomic E-state index is 0. The number of guanidine groups is 1. The van der Waals surface area contributed by atoms with Crippen LogP contribution in [-0.2, 0) is 6.54 Å². The summed E-state index contributed by atoms with van der Waals surface area (Å²) in [6.07, 6.45) is 0. The third kappa shape index (κ3) is 5.51. The van der Waals surface area contributed by atoms with E-state index < -0.39 is 0 Å². The Balaban J connectivity index is 0.00000242. The number of nitrogens with zero attached hydrogens (tertiary/aromatic N) is 2. The Morgan fingerprint density at radius 3 is 2.68 bits per heavy atom. The number of hydrogen-bond donors (Lipinski definition) is 2. The average molecular weight is 450 g/mol. The largest absolute Gasteiger partial charge is 0.356 e. The van der Waals surface area contributed by atoms with Crippen molar-refractivity contribution in [3.8, 4) is 0 Å². The summed E-state index contributed by atoms with van der Waals surface area (Å²) in [5.74, 6) is 1.30.